The van der Waals surface area contributed by atoms with E-state index in [4.69, 9.17) is 6.42 Å². The van der Waals surface area contributed by atoms with Gasteiger partial charge in [0.05, 0.1) is 19.0 Å². The van der Waals surface area contributed by atoms with Crippen LogP contribution in [0.2, 0.25) is 0 Å². The fourth-order valence-electron chi connectivity index (χ4n) is 2.82. The number of terminal acetylenes is 1. The van der Waals surface area contributed by atoms with Crippen LogP contribution in [0.5, 0.6) is 0 Å². The number of nitrogens with zero attached hydrogens (tertiary/aromatic N) is 1. The van der Waals surface area contributed by atoms with Crippen molar-refractivity contribution in [1.29, 1.82) is 0 Å². The Morgan fingerprint density at radius 2 is 2.12 bits per heavy atom. The Morgan fingerprint density at radius 1 is 1.31 bits per heavy atom. The standard InChI is InChI=1S/C19H24N4O3/c1-3-9-20-17(24)12-21-18(25)15-7-5-10-23(13-15)19(26)22-16-8-4-6-14(2)11-16/h1,4,6,8,11,15H,5,7,9-10,12-13H2,2H3,(H,20,24)(H,21,25)(H,22,26). The highest BCUT2D eigenvalue weighted by atomic mass is 16.2. The van der Waals surface area contributed by atoms with Gasteiger partial charge in [-0.15, -0.1) is 6.42 Å². The van der Waals surface area contributed by atoms with Gasteiger partial charge in [-0.1, -0.05) is 18.1 Å². The molecule has 1 saturated heterocycles. The number of urea groups is 1. The largest absolute Gasteiger partial charge is 0.347 e. The molecule has 26 heavy (non-hydrogen) atoms. The first-order chi connectivity index (χ1) is 12.5. The molecule has 1 aromatic rings. The van der Waals surface area contributed by atoms with Crippen LogP contribution in [0.25, 0.3) is 0 Å². The van der Waals surface area contributed by atoms with E-state index in [0.29, 0.717) is 19.5 Å². The van der Waals surface area contributed by atoms with Gasteiger partial charge in [0.25, 0.3) is 0 Å². The summed E-state index contributed by atoms with van der Waals surface area (Å²) in [5.41, 5.74) is 1.79. The van der Waals surface area contributed by atoms with E-state index in [-0.39, 0.29) is 36.9 Å². The first-order valence-electron chi connectivity index (χ1n) is 8.60. The lowest BCUT2D eigenvalue weighted by Gasteiger charge is -2.32. The van der Waals surface area contributed by atoms with Crippen LogP contribution in [0.4, 0.5) is 10.5 Å². The summed E-state index contributed by atoms with van der Waals surface area (Å²) in [6.45, 7) is 2.90. The minimum atomic E-state index is -0.332. The molecule has 1 heterocycles. The summed E-state index contributed by atoms with van der Waals surface area (Å²) in [5.74, 6) is 1.41. The van der Waals surface area contributed by atoms with Crippen LogP contribution < -0.4 is 16.0 Å². The number of aryl methyl sites for hydroxylation is 1. The minimum absolute atomic E-state index is 0.119. The molecule has 0 aromatic heterocycles. The zero-order valence-corrected chi connectivity index (χ0v) is 14.9. The zero-order chi connectivity index (χ0) is 18.9. The van der Waals surface area contributed by atoms with Crippen molar-refractivity contribution in [3.05, 3.63) is 29.8 Å². The number of carbonyl (C=O) groups excluding carboxylic acids is 3. The number of likely N-dealkylation sites (tertiary alicyclic amines) is 1. The molecule has 1 aromatic carbocycles. The van der Waals surface area contributed by atoms with Gasteiger partial charge in [0.1, 0.15) is 0 Å². The van der Waals surface area contributed by atoms with Crippen LogP contribution >= 0.6 is 0 Å². The van der Waals surface area contributed by atoms with Crippen molar-refractivity contribution in [2.45, 2.75) is 19.8 Å². The van der Waals surface area contributed by atoms with E-state index in [0.717, 1.165) is 17.7 Å². The van der Waals surface area contributed by atoms with E-state index in [2.05, 4.69) is 21.9 Å². The van der Waals surface area contributed by atoms with Crippen molar-refractivity contribution in [3.8, 4) is 12.3 Å². The van der Waals surface area contributed by atoms with Gasteiger partial charge >= 0.3 is 6.03 Å². The molecule has 1 fully saturated rings. The maximum absolute atomic E-state index is 12.4. The van der Waals surface area contributed by atoms with Gasteiger partial charge in [-0.05, 0) is 37.5 Å². The second-order valence-electron chi connectivity index (χ2n) is 6.28. The molecule has 7 nitrogen and oxygen atoms in total. The molecule has 4 amide bonds. The minimum Gasteiger partial charge on any atom is -0.347 e. The molecule has 1 aliphatic heterocycles. The van der Waals surface area contributed by atoms with Crippen molar-refractivity contribution in [3.63, 3.8) is 0 Å². The van der Waals surface area contributed by atoms with Crippen LogP contribution in [0, 0.1) is 25.2 Å². The quantitative estimate of drug-likeness (QED) is 0.690. The van der Waals surface area contributed by atoms with Crippen LogP contribution in [0.15, 0.2) is 24.3 Å². The first-order valence-corrected chi connectivity index (χ1v) is 8.60. The summed E-state index contributed by atoms with van der Waals surface area (Å²) in [4.78, 5) is 37.8. The van der Waals surface area contributed by atoms with Gasteiger partial charge in [-0.3, -0.25) is 9.59 Å². The van der Waals surface area contributed by atoms with E-state index in [9.17, 15) is 14.4 Å². The molecule has 0 radical (unpaired) electrons. The van der Waals surface area contributed by atoms with Gasteiger partial charge in [0.2, 0.25) is 11.8 Å². The van der Waals surface area contributed by atoms with Crippen molar-refractivity contribution < 1.29 is 14.4 Å². The van der Waals surface area contributed by atoms with Gasteiger partial charge in [-0.25, -0.2) is 4.79 Å². The van der Waals surface area contributed by atoms with Crippen molar-refractivity contribution in [2.24, 2.45) is 5.92 Å². The number of rotatable bonds is 5. The molecule has 0 saturated carbocycles. The number of amides is 4. The fourth-order valence-corrected chi connectivity index (χ4v) is 2.82. The Morgan fingerprint density at radius 3 is 2.85 bits per heavy atom. The summed E-state index contributed by atoms with van der Waals surface area (Å²) in [6, 6.07) is 7.33. The van der Waals surface area contributed by atoms with Crippen LogP contribution in [0.3, 0.4) is 0 Å². The first kappa shape index (κ1) is 19.3. The van der Waals surface area contributed by atoms with E-state index in [1.165, 1.54) is 0 Å². The van der Waals surface area contributed by atoms with E-state index in [1.54, 1.807) is 4.90 Å². The Balaban J connectivity index is 1.83. The van der Waals surface area contributed by atoms with Crippen LogP contribution in [0.1, 0.15) is 18.4 Å². The third-order valence-electron chi connectivity index (χ3n) is 4.16. The molecule has 138 valence electrons. The van der Waals surface area contributed by atoms with E-state index >= 15 is 0 Å². The molecule has 0 spiro atoms. The number of anilines is 1. The Hall–Kier alpha value is -3.01. The molecule has 1 aliphatic rings. The lowest BCUT2D eigenvalue weighted by Crippen LogP contribution is -2.48. The van der Waals surface area contributed by atoms with Gasteiger partial charge < -0.3 is 20.9 Å². The second-order valence-corrected chi connectivity index (χ2v) is 6.28. The van der Waals surface area contributed by atoms with Crippen LogP contribution in [-0.2, 0) is 9.59 Å². The highest BCUT2D eigenvalue weighted by Gasteiger charge is 2.28. The maximum Gasteiger partial charge on any atom is 0.321 e. The Labute approximate surface area is 153 Å². The lowest BCUT2D eigenvalue weighted by molar-refractivity contribution is -0.129. The van der Waals surface area contributed by atoms with Crippen LogP contribution in [-0.4, -0.2) is 48.9 Å². The average Bonchev–Trinajstić information content (AvgIpc) is 2.64. The molecule has 1 atom stereocenters. The zero-order valence-electron chi connectivity index (χ0n) is 14.9. The topological polar surface area (TPSA) is 90.5 Å². The molecule has 2 rings (SSSR count). The Kier molecular flexibility index (Phi) is 7.03. The van der Waals surface area contributed by atoms with Gasteiger partial charge in [0.15, 0.2) is 0 Å². The number of nitrogens with one attached hydrogen (secondary N) is 3. The summed E-state index contributed by atoms with van der Waals surface area (Å²) in [7, 11) is 0. The average molecular weight is 356 g/mol. The highest BCUT2D eigenvalue weighted by molar-refractivity contribution is 5.90. The van der Waals surface area contributed by atoms with Crippen molar-refractivity contribution in [1.82, 2.24) is 15.5 Å². The van der Waals surface area contributed by atoms with E-state index < -0.39 is 0 Å². The second kappa shape index (κ2) is 9.47. The summed E-state index contributed by atoms with van der Waals surface area (Å²) in [5, 5.41) is 7.94. The molecule has 7 heteroatoms. The molecule has 0 bridgehead atoms. The number of hydrogen-bond acceptors (Lipinski definition) is 3. The summed E-state index contributed by atoms with van der Waals surface area (Å²) < 4.78 is 0. The number of carbonyl (C=O) groups is 3. The third-order valence-corrected chi connectivity index (χ3v) is 4.16. The predicted molar refractivity (Wildman–Crippen MR) is 99.3 cm³/mol. The summed E-state index contributed by atoms with van der Waals surface area (Å²) >= 11 is 0. The fraction of sp³-hybridized carbons (Fsp3) is 0.421. The molecular formula is C19H24N4O3. The molecular weight excluding hydrogens is 332 g/mol. The summed E-state index contributed by atoms with van der Waals surface area (Å²) in [6.07, 6.45) is 6.49. The number of benzene rings is 1. The van der Waals surface area contributed by atoms with Gasteiger partial charge in [-0.2, -0.15) is 0 Å². The monoisotopic (exact) mass is 356 g/mol. The molecule has 0 aliphatic carbocycles. The number of hydrogen-bond donors (Lipinski definition) is 3. The smallest absolute Gasteiger partial charge is 0.321 e. The lowest BCUT2D eigenvalue weighted by atomic mass is 9.97. The van der Waals surface area contributed by atoms with Gasteiger partial charge in [0, 0.05) is 18.8 Å². The SMILES string of the molecule is C#CCNC(=O)CNC(=O)C1CCCN(C(=O)Nc2cccc(C)c2)C1. The normalized spacial score (nSPS) is 16.3. The van der Waals surface area contributed by atoms with E-state index in [1.807, 2.05) is 31.2 Å². The maximum atomic E-state index is 12.4. The number of piperidine rings is 1. The Bertz CT molecular complexity index is 711. The molecule has 3 N–H and O–H groups in total. The third kappa shape index (κ3) is 5.81. The highest BCUT2D eigenvalue weighted by Crippen LogP contribution is 2.18. The van der Waals surface area contributed by atoms with Crippen molar-refractivity contribution >= 4 is 23.5 Å². The van der Waals surface area contributed by atoms with Crippen molar-refractivity contribution in [2.75, 3.05) is 31.5 Å². The molecule has 1 unspecified atom stereocenters. The predicted octanol–water partition coefficient (Wildman–Crippen LogP) is 1.10.